The van der Waals surface area contributed by atoms with Crippen molar-refractivity contribution in [3.05, 3.63) is 11.3 Å². The van der Waals surface area contributed by atoms with Gasteiger partial charge in [-0.1, -0.05) is 26.7 Å². The van der Waals surface area contributed by atoms with Crippen LogP contribution in [-0.4, -0.2) is 53.0 Å². The fourth-order valence-electron chi connectivity index (χ4n) is 6.29. The van der Waals surface area contributed by atoms with Crippen LogP contribution in [0.25, 0.3) is 0 Å². The van der Waals surface area contributed by atoms with Crippen LogP contribution in [0.2, 0.25) is 0 Å². The fraction of sp³-hybridized carbons (Fsp3) is 0.773. The summed E-state index contributed by atoms with van der Waals surface area (Å²) in [6, 6.07) is 0. The summed E-state index contributed by atoms with van der Waals surface area (Å²) in [5, 5.41) is 9.84. The molecular formula is C22H30O8. The molecule has 30 heavy (non-hydrogen) atoms. The van der Waals surface area contributed by atoms with E-state index in [1.54, 1.807) is 6.92 Å². The lowest BCUT2D eigenvalue weighted by molar-refractivity contribution is -0.214. The SMILES string of the molecule is CCOC(=O)C1=C(C(=O)O)O[C@@H]2[C@H]3OC(C)(C)O[C@]34CCCC[C@H]4[C@](C)(C1=O)[C@@H]2C. The number of hydrogen-bond donors (Lipinski definition) is 1. The van der Waals surface area contributed by atoms with Crippen LogP contribution in [0.5, 0.6) is 0 Å². The molecule has 0 aromatic carbocycles. The molecule has 1 N–H and O–H groups in total. The molecule has 8 heteroatoms. The summed E-state index contributed by atoms with van der Waals surface area (Å²) in [4.78, 5) is 38.7. The smallest absolute Gasteiger partial charge is 0.372 e. The highest BCUT2D eigenvalue weighted by Crippen LogP contribution is 2.64. The highest BCUT2D eigenvalue weighted by Gasteiger charge is 2.73. The van der Waals surface area contributed by atoms with E-state index in [9.17, 15) is 19.5 Å². The highest BCUT2D eigenvalue weighted by molar-refractivity contribution is 6.23. The number of rotatable bonds is 3. The van der Waals surface area contributed by atoms with Crippen molar-refractivity contribution in [3.63, 3.8) is 0 Å². The van der Waals surface area contributed by atoms with Gasteiger partial charge in [-0.3, -0.25) is 4.79 Å². The Balaban J connectivity index is 1.95. The predicted octanol–water partition coefficient (Wildman–Crippen LogP) is 2.59. The first-order valence-corrected chi connectivity index (χ1v) is 10.7. The van der Waals surface area contributed by atoms with Crippen LogP contribution in [-0.2, 0) is 33.3 Å². The number of carboxylic acids is 1. The molecule has 0 aromatic heterocycles. The Morgan fingerprint density at radius 2 is 1.93 bits per heavy atom. The van der Waals surface area contributed by atoms with Gasteiger partial charge < -0.3 is 24.1 Å². The Morgan fingerprint density at radius 3 is 2.57 bits per heavy atom. The van der Waals surface area contributed by atoms with Crippen LogP contribution in [0.1, 0.15) is 60.3 Å². The molecule has 6 atom stereocenters. The normalized spacial score (nSPS) is 42.0. The number of Topliss-reactive ketones (excluding diaryl/α,β-unsaturated/α-hetero) is 1. The summed E-state index contributed by atoms with van der Waals surface area (Å²) < 4.78 is 23.8. The van der Waals surface area contributed by atoms with E-state index in [-0.39, 0.29) is 18.4 Å². The van der Waals surface area contributed by atoms with Gasteiger partial charge in [-0.2, -0.15) is 0 Å². The Labute approximate surface area is 175 Å². The molecule has 0 amide bonds. The van der Waals surface area contributed by atoms with Gasteiger partial charge in [0, 0.05) is 17.3 Å². The molecule has 2 heterocycles. The number of aliphatic carboxylic acids is 1. The van der Waals surface area contributed by atoms with Crippen molar-refractivity contribution in [2.75, 3.05) is 6.61 Å². The lowest BCUT2D eigenvalue weighted by Gasteiger charge is -2.58. The average molecular weight is 422 g/mol. The zero-order valence-corrected chi connectivity index (χ0v) is 18.1. The molecule has 2 aliphatic heterocycles. The lowest BCUT2D eigenvalue weighted by Crippen LogP contribution is -2.68. The highest BCUT2D eigenvalue weighted by atomic mass is 16.8. The van der Waals surface area contributed by atoms with E-state index in [1.807, 2.05) is 27.7 Å². The number of hydrogen-bond acceptors (Lipinski definition) is 7. The monoisotopic (exact) mass is 422 g/mol. The van der Waals surface area contributed by atoms with E-state index in [2.05, 4.69) is 0 Å². The molecule has 166 valence electrons. The van der Waals surface area contributed by atoms with Crippen molar-refractivity contribution in [2.24, 2.45) is 17.3 Å². The Morgan fingerprint density at radius 1 is 1.23 bits per heavy atom. The van der Waals surface area contributed by atoms with Crippen molar-refractivity contribution in [2.45, 2.75) is 83.9 Å². The summed E-state index contributed by atoms with van der Waals surface area (Å²) in [6.07, 6.45) is 1.99. The van der Waals surface area contributed by atoms with E-state index >= 15 is 0 Å². The van der Waals surface area contributed by atoms with Crippen LogP contribution in [0.15, 0.2) is 11.3 Å². The minimum Gasteiger partial charge on any atom is -0.479 e. The molecule has 4 aliphatic rings. The zero-order valence-electron chi connectivity index (χ0n) is 18.1. The number of ether oxygens (including phenoxy) is 4. The number of esters is 1. The summed E-state index contributed by atoms with van der Waals surface area (Å²) in [5.74, 6) is -5.11. The van der Waals surface area contributed by atoms with Crippen LogP contribution in [0, 0.1) is 17.3 Å². The van der Waals surface area contributed by atoms with Gasteiger partial charge in [0.05, 0.1) is 6.61 Å². The number of carbonyl (C=O) groups is 3. The van der Waals surface area contributed by atoms with E-state index in [1.165, 1.54) is 0 Å². The molecule has 0 radical (unpaired) electrons. The summed E-state index contributed by atoms with van der Waals surface area (Å²) in [6.45, 7) is 8.99. The summed E-state index contributed by atoms with van der Waals surface area (Å²) in [7, 11) is 0. The molecule has 3 fully saturated rings. The molecule has 4 rings (SSSR count). The van der Waals surface area contributed by atoms with Gasteiger partial charge in [0.25, 0.3) is 0 Å². The van der Waals surface area contributed by atoms with Crippen LogP contribution < -0.4 is 0 Å². The third-order valence-electron chi connectivity index (χ3n) is 7.56. The number of carboxylic acid groups (broad SMARTS) is 1. The first kappa shape index (κ1) is 21.3. The van der Waals surface area contributed by atoms with Gasteiger partial charge in [0.15, 0.2) is 17.1 Å². The topological polar surface area (TPSA) is 108 Å². The van der Waals surface area contributed by atoms with E-state index in [0.29, 0.717) is 6.42 Å². The summed E-state index contributed by atoms with van der Waals surface area (Å²) in [5.41, 5.74) is -2.33. The first-order chi connectivity index (χ1) is 14.0. The second-order valence-electron chi connectivity index (χ2n) is 9.51. The molecule has 0 unspecified atom stereocenters. The maximum atomic E-state index is 13.9. The second-order valence-corrected chi connectivity index (χ2v) is 9.51. The number of carbonyl (C=O) groups excluding carboxylic acids is 2. The molecule has 2 saturated carbocycles. The first-order valence-electron chi connectivity index (χ1n) is 10.7. The molecule has 2 bridgehead atoms. The molecule has 1 saturated heterocycles. The van der Waals surface area contributed by atoms with Gasteiger partial charge in [0.1, 0.15) is 17.8 Å². The van der Waals surface area contributed by atoms with Crippen molar-refractivity contribution in [3.8, 4) is 0 Å². The van der Waals surface area contributed by atoms with Crippen LogP contribution in [0.4, 0.5) is 0 Å². The van der Waals surface area contributed by atoms with Crippen molar-refractivity contribution >= 4 is 17.7 Å². The summed E-state index contributed by atoms with van der Waals surface area (Å²) >= 11 is 0. The standard InChI is InChI=1S/C22H30O8/c1-6-27-19(26)13-15(18(24)25)28-14-11(2)21(5,16(13)23)12-9-7-8-10-22(12)17(14)29-20(3,4)30-22/h11-12,14,17H,6-10H2,1-5H3,(H,24,25)/t11-,12+,14+,17-,21-,22+/m1/s1. The van der Waals surface area contributed by atoms with E-state index in [0.717, 1.165) is 19.3 Å². The quantitative estimate of drug-likeness (QED) is 0.546. The molecular weight excluding hydrogens is 392 g/mol. The second kappa shape index (κ2) is 6.79. The number of ketones is 1. The van der Waals surface area contributed by atoms with Gasteiger partial charge in [-0.25, -0.2) is 9.59 Å². The maximum absolute atomic E-state index is 13.9. The molecule has 1 spiro atoms. The lowest BCUT2D eigenvalue weighted by atomic mass is 9.48. The minimum absolute atomic E-state index is 0.0224. The minimum atomic E-state index is -1.47. The van der Waals surface area contributed by atoms with Gasteiger partial charge >= 0.3 is 11.9 Å². The average Bonchev–Trinajstić information content (AvgIpc) is 2.90. The zero-order chi connectivity index (χ0) is 22.1. The Kier molecular flexibility index (Phi) is 4.82. The van der Waals surface area contributed by atoms with E-state index in [4.69, 9.17) is 18.9 Å². The van der Waals surface area contributed by atoms with E-state index < -0.39 is 58.1 Å². The third-order valence-corrected chi connectivity index (χ3v) is 7.56. The van der Waals surface area contributed by atoms with Crippen LogP contribution in [0.3, 0.4) is 0 Å². The van der Waals surface area contributed by atoms with Crippen molar-refractivity contribution in [1.29, 1.82) is 0 Å². The molecule has 2 aliphatic carbocycles. The van der Waals surface area contributed by atoms with Crippen molar-refractivity contribution in [1.82, 2.24) is 0 Å². The molecule has 8 nitrogen and oxygen atoms in total. The van der Waals surface area contributed by atoms with Gasteiger partial charge in [0.2, 0.25) is 5.76 Å². The van der Waals surface area contributed by atoms with Gasteiger partial charge in [-0.05, 0) is 33.6 Å². The third kappa shape index (κ3) is 2.69. The molecule has 0 aromatic rings. The van der Waals surface area contributed by atoms with Crippen molar-refractivity contribution < 1.29 is 38.4 Å². The predicted molar refractivity (Wildman–Crippen MR) is 103 cm³/mol. The Bertz CT molecular complexity index is 829. The fourth-order valence-corrected chi connectivity index (χ4v) is 6.29. The number of fused-ring (bicyclic) bond motifs is 4. The Hall–Kier alpha value is -1.93. The maximum Gasteiger partial charge on any atom is 0.372 e. The van der Waals surface area contributed by atoms with Crippen LogP contribution >= 0.6 is 0 Å². The largest absolute Gasteiger partial charge is 0.479 e. The van der Waals surface area contributed by atoms with Gasteiger partial charge in [-0.15, -0.1) is 0 Å².